The Morgan fingerprint density at radius 1 is 1.25 bits per heavy atom. The molecule has 0 fully saturated rings. The van der Waals surface area contributed by atoms with Crippen LogP contribution in [-0.4, -0.2) is 6.18 Å². The van der Waals surface area contributed by atoms with E-state index in [1.165, 1.54) is 12.3 Å². The minimum Gasteiger partial charge on any atom is -0.271 e. The van der Waals surface area contributed by atoms with Crippen molar-refractivity contribution in [2.75, 3.05) is 0 Å². The summed E-state index contributed by atoms with van der Waals surface area (Å²) in [6, 6.07) is -0.741. The highest BCUT2D eigenvalue weighted by molar-refractivity contribution is 5.30. The third-order valence-electron chi connectivity index (χ3n) is 2.10. The molecule has 0 radical (unpaired) electrons. The van der Waals surface area contributed by atoms with Gasteiger partial charge in [0.1, 0.15) is 17.7 Å². The van der Waals surface area contributed by atoms with Gasteiger partial charge < -0.3 is 0 Å². The molecule has 16 heavy (non-hydrogen) atoms. The second-order valence-electron chi connectivity index (χ2n) is 3.23. The number of nitrogens with one attached hydrogen (secondary N) is 1. The van der Waals surface area contributed by atoms with Gasteiger partial charge in [0.15, 0.2) is 0 Å². The number of hydrogen-bond acceptors (Lipinski definition) is 2. The van der Waals surface area contributed by atoms with E-state index in [0.29, 0.717) is 0 Å². The van der Waals surface area contributed by atoms with E-state index in [1.54, 1.807) is 0 Å². The molecule has 0 heterocycles. The van der Waals surface area contributed by atoms with Crippen LogP contribution in [-0.2, 0) is 0 Å². The van der Waals surface area contributed by atoms with Gasteiger partial charge in [-0.2, -0.15) is 13.2 Å². The molecule has 3 N–H and O–H groups in total. The van der Waals surface area contributed by atoms with Crippen LogP contribution in [0.5, 0.6) is 0 Å². The quantitative estimate of drug-likeness (QED) is 0.473. The van der Waals surface area contributed by atoms with Crippen LogP contribution in [0.15, 0.2) is 12.1 Å². The lowest BCUT2D eigenvalue weighted by Gasteiger charge is -2.21. The molecule has 1 aromatic rings. The van der Waals surface area contributed by atoms with Crippen molar-refractivity contribution < 1.29 is 22.0 Å². The second-order valence-corrected chi connectivity index (χ2v) is 3.23. The van der Waals surface area contributed by atoms with E-state index in [1.807, 2.05) is 0 Å². The summed E-state index contributed by atoms with van der Waals surface area (Å²) in [6.45, 7) is 1.24. The summed E-state index contributed by atoms with van der Waals surface area (Å²) < 4.78 is 63.8. The van der Waals surface area contributed by atoms with E-state index >= 15 is 0 Å². The zero-order chi connectivity index (χ0) is 12.5. The molecule has 0 saturated carbocycles. The molecular formula is C9H9F5N2. The minimum atomic E-state index is -4.87. The average molecular weight is 240 g/mol. The number of hydrazine groups is 1. The number of alkyl halides is 3. The standard InChI is InChI=1S/C9H9F5N2/c1-4-2-3-5(10)6(7(4)11)8(16-15)9(12,13)14/h2-3,8,16H,15H2,1H3. The van der Waals surface area contributed by atoms with E-state index in [4.69, 9.17) is 0 Å². The van der Waals surface area contributed by atoms with Crippen LogP contribution in [0.1, 0.15) is 17.2 Å². The van der Waals surface area contributed by atoms with Crippen molar-refractivity contribution in [3.8, 4) is 0 Å². The first kappa shape index (κ1) is 12.9. The Kier molecular flexibility index (Phi) is 3.49. The fourth-order valence-electron chi connectivity index (χ4n) is 1.28. The number of halogens is 5. The Labute approximate surface area is 88.2 Å². The smallest absolute Gasteiger partial charge is 0.271 e. The van der Waals surface area contributed by atoms with Crippen molar-refractivity contribution in [3.05, 3.63) is 34.9 Å². The molecule has 90 valence electrons. The zero-order valence-electron chi connectivity index (χ0n) is 8.20. The predicted octanol–water partition coefficient (Wildman–Crippen LogP) is 2.34. The van der Waals surface area contributed by atoms with Crippen LogP contribution in [0.25, 0.3) is 0 Å². The third-order valence-corrected chi connectivity index (χ3v) is 2.10. The molecule has 0 spiro atoms. The molecule has 0 aromatic heterocycles. The fraction of sp³-hybridized carbons (Fsp3) is 0.333. The molecule has 0 saturated heterocycles. The van der Waals surface area contributed by atoms with Crippen molar-refractivity contribution in [2.24, 2.45) is 5.84 Å². The molecule has 0 aliphatic heterocycles. The van der Waals surface area contributed by atoms with E-state index in [2.05, 4.69) is 5.84 Å². The maximum Gasteiger partial charge on any atom is 0.409 e. The maximum atomic E-state index is 13.4. The van der Waals surface area contributed by atoms with Crippen LogP contribution in [0.2, 0.25) is 0 Å². The van der Waals surface area contributed by atoms with Gasteiger partial charge in [-0.25, -0.2) is 14.2 Å². The van der Waals surface area contributed by atoms with Crippen molar-refractivity contribution in [2.45, 2.75) is 19.1 Å². The third kappa shape index (κ3) is 2.30. The summed E-state index contributed by atoms with van der Waals surface area (Å²) in [7, 11) is 0. The molecule has 0 aliphatic carbocycles. The number of hydrogen-bond donors (Lipinski definition) is 2. The monoisotopic (exact) mass is 240 g/mol. The van der Waals surface area contributed by atoms with Crippen LogP contribution < -0.4 is 11.3 Å². The average Bonchev–Trinajstić information content (AvgIpc) is 2.16. The Hall–Kier alpha value is -1.21. The lowest BCUT2D eigenvalue weighted by atomic mass is 10.0. The topological polar surface area (TPSA) is 38.0 Å². The molecule has 1 rings (SSSR count). The van der Waals surface area contributed by atoms with E-state index in [9.17, 15) is 22.0 Å². The van der Waals surface area contributed by atoms with Crippen LogP contribution in [0, 0.1) is 18.6 Å². The molecule has 7 heteroatoms. The van der Waals surface area contributed by atoms with Crippen molar-refractivity contribution in [3.63, 3.8) is 0 Å². The van der Waals surface area contributed by atoms with Crippen LogP contribution in [0.3, 0.4) is 0 Å². The summed E-state index contributed by atoms with van der Waals surface area (Å²) in [5, 5.41) is 0. The SMILES string of the molecule is Cc1ccc(F)c(C(NN)C(F)(F)F)c1F. The highest BCUT2D eigenvalue weighted by Gasteiger charge is 2.43. The predicted molar refractivity (Wildman–Crippen MR) is 47.2 cm³/mol. The van der Waals surface area contributed by atoms with Gasteiger partial charge in [0, 0.05) is 0 Å². The van der Waals surface area contributed by atoms with E-state index < -0.39 is 29.4 Å². The molecule has 1 aromatic carbocycles. The summed E-state index contributed by atoms with van der Waals surface area (Å²) >= 11 is 0. The van der Waals surface area contributed by atoms with Gasteiger partial charge in [-0.15, -0.1) is 0 Å². The van der Waals surface area contributed by atoms with Gasteiger partial charge in [-0.1, -0.05) is 6.07 Å². The second kappa shape index (κ2) is 4.34. The molecule has 0 amide bonds. The molecule has 2 nitrogen and oxygen atoms in total. The van der Waals surface area contributed by atoms with Gasteiger partial charge in [-0.05, 0) is 18.6 Å². The molecular weight excluding hydrogens is 231 g/mol. The summed E-state index contributed by atoms with van der Waals surface area (Å²) in [5.41, 5.74) is 0.164. The Morgan fingerprint density at radius 3 is 2.25 bits per heavy atom. The maximum absolute atomic E-state index is 13.4. The van der Waals surface area contributed by atoms with Gasteiger partial charge in [-0.3, -0.25) is 5.84 Å². The summed E-state index contributed by atoms with van der Waals surface area (Å²) in [5.74, 6) is 2.14. The first-order chi connectivity index (χ1) is 7.29. The highest BCUT2D eigenvalue weighted by atomic mass is 19.4. The summed E-state index contributed by atoms with van der Waals surface area (Å²) in [6.07, 6.45) is -4.87. The number of rotatable bonds is 2. The van der Waals surface area contributed by atoms with Crippen molar-refractivity contribution in [1.82, 2.24) is 5.43 Å². The minimum absolute atomic E-state index is 0.0825. The zero-order valence-corrected chi connectivity index (χ0v) is 8.20. The van der Waals surface area contributed by atoms with Gasteiger partial charge in [0.05, 0.1) is 5.56 Å². The van der Waals surface area contributed by atoms with Crippen molar-refractivity contribution in [1.29, 1.82) is 0 Å². The summed E-state index contributed by atoms with van der Waals surface area (Å²) in [4.78, 5) is 0. The van der Waals surface area contributed by atoms with E-state index in [-0.39, 0.29) is 5.56 Å². The molecule has 1 unspecified atom stereocenters. The van der Waals surface area contributed by atoms with Crippen LogP contribution in [0.4, 0.5) is 22.0 Å². The van der Waals surface area contributed by atoms with Gasteiger partial charge >= 0.3 is 6.18 Å². The largest absolute Gasteiger partial charge is 0.409 e. The number of nitrogens with two attached hydrogens (primary N) is 1. The fourth-order valence-corrected chi connectivity index (χ4v) is 1.28. The number of benzene rings is 1. The molecule has 1 atom stereocenters. The number of aryl methyl sites for hydroxylation is 1. The Balaban J connectivity index is 3.36. The first-order valence-electron chi connectivity index (χ1n) is 4.26. The Morgan fingerprint density at radius 2 is 1.81 bits per heavy atom. The highest BCUT2D eigenvalue weighted by Crippen LogP contribution is 2.35. The van der Waals surface area contributed by atoms with Gasteiger partial charge in [0.2, 0.25) is 0 Å². The first-order valence-corrected chi connectivity index (χ1v) is 4.26. The molecule has 0 bridgehead atoms. The van der Waals surface area contributed by atoms with Gasteiger partial charge in [0.25, 0.3) is 0 Å². The molecule has 0 aliphatic rings. The Bertz CT molecular complexity index is 388. The van der Waals surface area contributed by atoms with Crippen LogP contribution >= 0.6 is 0 Å². The van der Waals surface area contributed by atoms with E-state index in [0.717, 1.165) is 12.1 Å². The lowest BCUT2D eigenvalue weighted by Crippen LogP contribution is -2.39. The lowest BCUT2D eigenvalue weighted by molar-refractivity contribution is -0.159. The normalized spacial score (nSPS) is 13.9. The van der Waals surface area contributed by atoms with Crippen molar-refractivity contribution >= 4 is 0 Å².